The summed E-state index contributed by atoms with van der Waals surface area (Å²) >= 11 is 12.1. The number of carbonyl (C=O) groups excluding carboxylic acids is 2. The van der Waals surface area contributed by atoms with Crippen LogP contribution in [0.4, 0.5) is 0 Å². The Morgan fingerprint density at radius 1 is 0.906 bits per heavy atom. The quantitative estimate of drug-likeness (QED) is 0.353. The molecular formula is C25H21Cl2N3O2. The Morgan fingerprint density at radius 2 is 1.62 bits per heavy atom. The summed E-state index contributed by atoms with van der Waals surface area (Å²) < 4.78 is 0. The van der Waals surface area contributed by atoms with Crippen molar-refractivity contribution in [2.24, 2.45) is 0 Å². The molecule has 4 aromatic rings. The first-order valence-corrected chi connectivity index (χ1v) is 10.9. The van der Waals surface area contributed by atoms with Gasteiger partial charge in [-0.05, 0) is 41.5 Å². The molecule has 3 aromatic carbocycles. The van der Waals surface area contributed by atoms with E-state index < -0.39 is 11.9 Å². The molecule has 1 atom stereocenters. The molecule has 32 heavy (non-hydrogen) atoms. The van der Waals surface area contributed by atoms with E-state index >= 15 is 0 Å². The number of H-pyrrole nitrogens is 1. The molecule has 1 aromatic heterocycles. The number of hydrogen-bond acceptors (Lipinski definition) is 2. The third-order valence-corrected chi connectivity index (χ3v) is 5.80. The minimum atomic E-state index is -0.787. The molecular weight excluding hydrogens is 445 g/mol. The van der Waals surface area contributed by atoms with Crippen LogP contribution in [0.1, 0.15) is 21.5 Å². The Morgan fingerprint density at radius 3 is 2.41 bits per heavy atom. The van der Waals surface area contributed by atoms with E-state index in [0.717, 1.165) is 22.0 Å². The topological polar surface area (TPSA) is 74.0 Å². The fourth-order valence-corrected chi connectivity index (χ4v) is 3.87. The van der Waals surface area contributed by atoms with Crippen LogP contribution in [0.3, 0.4) is 0 Å². The number of halogens is 2. The Kier molecular flexibility index (Phi) is 6.78. The molecule has 162 valence electrons. The molecule has 0 fully saturated rings. The number of carbonyl (C=O) groups is 2. The van der Waals surface area contributed by atoms with E-state index in [9.17, 15) is 9.59 Å². The van der Waals surface area contributed by atoms with Crippen LogP contribution in [0.15, 0.2) is 79.0 Å². The van der Waals surface area contributed by atoms with Gasteiger partial charge in [0.15, 0.2) is 0 Å². The normalized spacial score (nSPS) is 11.8. The smallest absolute Gasteiger partial charge is 0.253 e. The van der Waals surface area contributed by atoms with Crippen molar-refractivity contribution in [2.75, 3.05) is 0 Å². The van der Waals surface area contributed by atoms with Gasteiger partial charge in [0.2, 0.25) is 5.91 Å². The van der Waals surface area contributed by atoms with Crippen LogP contribution in [-0.2, 0) is 17.8 Å². The van der Waals surface area contributed by atoms with Gasteiger partial charge in [-0.3, -0.25) is 9.59 Å². The average Bonchev–Trinajstić information content (AvgIpc) is 3.21. The minimum absolute atomic E-state index is 0.286. The van der Waals surface area contributed by atoms with Gasteiger partial charge in [-0.1, -0.05) is 65.7 Å². The van der Waals surface area contributed by atoms with Crippen LogP contribution in [-0.4, -0.2) is 22.8 Å². The summed E-state index contributed by atoms with van der Waals surface area (Å²) in [6.45, 7) is 0.322. The highest BCUT2D eigenvalue weighted by Gasteiger charge is 2.24. The molecule has 0 spiro atoms. The first-order valence-electron chi connectivity index (χ1n) is 10.1. The summed E-state index contributed by atoms with van der Waals surface area (Å²) in [6, 6.07) is 21.0. The average molecular weight is 466 g/mol. The van der Waals surface area contributed by atoms with Crippen LogP contribution in [0.2, 0.25) is 10.0 Å². The number of rotatable bonds is 7. The molecule has 0 saturated heterocycles. The number of aromatic nitrogens is 1. The SMILES string of the molecule is O=C(NC(Cc1c[nH]c2ccccc12)C(=O)NCc1ccc(Cl)cc1)c1ccccc1Cl. The monoisotopic (exact) mass is 465 g/mol. The van der Waals surface area contributed by atoms with Crippen molar-refractivity contribution in [2.45, 2.75) is 19.0 Å². The van der Waals surface area contributed by atoms with Crippen molar-refractivity contribution < 1.29 is 9.59 Å². The molecule has 0 radical (unpaired) electrons. The van der Waals surface area contributed by atoms with Gasteiger partial charge in [0, 0.05) is 35.1 Å². The van der Waals surface area contributed by atoms with Crippen molar-refractivity contribution in [1.82, 2.24) is 15.6 Å². The molecule has 0 saturated carbocycles. The van der Waals surface area contributed by atoms with Gasteiger partial charge in [-0.2, -0.15) is 0 Å². The molecule has 5 nitrogen and oxygen atoms in total. The zero-order valence-corrected chi connectivity index (χ0v) is 18.6. The summed E-state index contributed by atoms with van der Waals surface area (Å²) in [7, 11) is 0. The van der Waals surface area contributed by atoms with Crippen LogP contribution in [0.5, 0.6) is 0 Å². The summed E-state index contributed by atoms with van der Waals surface area (Å²) in [5, 5.41) is 7.73. The summed E-state index contributed by atoms with van der Waals surface area (Å²) in [4.78, 5) is 29.2. The van der Waals surface area contributed by atoms with E-state index in [4.69, 9.17) is 23.2 Å². The van der Waals surface area contributed by atoms with Crippen molar-refractivity contribution in [3.8, 4) is 0 Å². The lowest BCUT2D eigenvalue weighted by Crippen LogP contribution is -2.47. The van der Waals surface area contributed by atoms with Gasteiger partial charge >= 0.3 is 0 Å². The molecule has 7 heteroatoms. The zero-order valence-electron chi connectivity index (χ0n) is 17.1. The van der Waals surface area contributed by atoms with Crippen LogP contribution in [0.25, 0.3) is 10.9 Å². The molecule has 1 heterocycles. The minimum Gasteiger partial charge on any atom is -0.361 e. The highest BCUT2D eigenvalue weighted by atomic mass is 35.5. The highest BCUT2D eigenvalue weighted by molar-refractivity contribution is 6.33. The maximum absolute atomic E-state index is 13.1. The van der Waals surface area contributed by atoms with E-state index in [0.29, 0.717) is 28.6 Å². The maximum atomic E-state index is 13.1. The maximum Gasteiger partial charge on any atom is 0.253 e. The van der Waals surface area contributed by atoms with Gasteiger partial charge in [-0.15, -0.1) is 0 Å². The predicted octanol–water partition coefficient (Wildman–Crippen LogP) is 5.13. The zero-order chi connectivity index (χ0) is 22.5. The summed E-state index contributed by atoms with van der Waals surface area (Å²) in [5.41, 5.74) is 3.14. The van der Waals surface area contributed by atoms with Gasteiger partial charge in [-0.25, -0.2) is 0 Å². The number of nitrogens with one attached hydrogen (secondary N) is 3. The van der Waals surface area contributed by atoms with Crippen LogP contribution < -0.4 is 10.6 Å². The molecule has 0 aliphatic carbocycles. The first-order chi connectivity index (χ1) is 15.5. The highest BCUT2D eigenvalue weighted by Crippen LogP contribution is 2.20. The molecule has 3 N–H and O–H groups in total. The van der Waals surface area contributed by atoms with E-state index in [-0.39, 0.29) is 5.91 Å². The third-order valence-electron chi connectivity index (χ3n) is 5.22. The van der Waals surface area contributed by atoms with E-state index in [2.05, 4.69) is 15.6 Å². The van der Waals surface area contributed by atoms with Crippen molar-refractivity contribution in [1.29, 1.82) is 0 Å². The number of amides is 2. The number of aromatic amines is 1. The molecule has 1 unspecified atom stereocenters. The van der Waals surface area contributed by atoms with Gasteiger partial charge in [0.05, 0.1) is 10.6 Å². The van der Waals surface area contributed by atoms with Crippen molar-refractivity contribution >= 4 is 45.9 Å². The lowest BCUT2D eigenvalue weighted by Gasteiger charge is -2.19. The lowest BCUT2D eigenvalue weighted by molar-refractivity contribution is -0.123. The van der Waals surface area contributed by atoms with Gasteiger partial charge < -0.3 is 15.6 Å². The lowest BCUT2D eigenvalue weighted by atomic mass is 10.0. The van der Waals surface area contributed by atoms with E-state index in [1.54, 1.807) is 36.4 Å². The Labute approximate surface area is 195 Å². The van der Waals surface area contributed by atoms with Crippen LogP contribution >= 0.6 is 23.2 Å². The van der Waals surface area contributed by atoms with Gasteiger partial charge in [0.1, 0.15) is 6.04 Å². The molecule has 2 amide bonds. The molecule has 0 bridgehead atoms. The van der Waals surface area contributed by atoms with Crippen molar-refractivity contribution in [3.63, 3.8) is 0 Å². The fraction of sp³-hybridized carbons (Fsp3) is 0.120. The second kappa shape index (κ2) is 9.90. The van der Waals surface area contributed by atoms with Crippen molar-refractivity contribution in [3.05, 3.63) is 106 Å². The Balaban J connectivity index is 1.55. The first kappa shape index (κ1) is 21.9. The van der Waals surface area contributed by atoms with Gasteiger partial charge in [0.25, 0.3) is 5.91 Å². The second-order valence-electron chi connectivity index (χ2n) is 7.41. The number of para-hydroxylation sites is 1. The van der Waals surface area contributed by atoms with E-state index in [1.807, 2.05) is 42.6 Å². The van der Waals surface area contributed by atoms with Crippen LogP contribution in [0, 0.1) is 0 Å². The third kappa shape index (κ3) is 5.13. The fourth-order valence-electron chi connectivity index (χ4n) is 3.53. The largest absolute Gasteiger partial charge is 0.361 e. The predicted molar refractivity (Wildman–Crippen MR) is 128 cm³/mol. The Bertz CT molecular complexity index is 1250. The molecule has 0 aliphatic heterocycles. The molecule has 0 aliphatic rings. The second-order valence-corrected chi connectivity index (χ2v) is 8.26. The summed E-state index contributed by atoms with van der Waals surface area (Å²) in [5.74, 6) is -0.687. The molecule has 4 rings (SSSR count). The number of fused-ring (bicyclic) bond motifs is 1. The number of hydrogen-bond donors (Lipinski definition) is 3. The summed E-state index contributed by atoms with van der Waals surface area (Å²) in [6.07, 6.45) is 2.19. The number of benzene rings is 3. The standard InChI is InChI=1S/C25H21Cl2N3O2/c26-18-11-9-16(10-12-18)14-29-25(32)23(30-24(31)20-6-1-3-7-21(20)27)13-17-15-28-22-8-4-2-5-19(17)22/h1-12,15,23,28H,13-14H2,(H,29,32)(H,30,31). The van der Waals surface area contributed by atoms with E-state index in [1.165, 1.54) is 0 Å². The Hall–Kier alpha value is -3.28.